The van der Waals surface area contributed by atoms with Gasteiger partial charge in [-0.2, -0.15) is 0 Å². The summed E-state index contributed by atoms with van der Waals surface area (Å²) in [5.41, 5.74) is 5.02. The molecule has 6 rings (SSSR count). The number of fused-ring (bicyclic) bond motifs is 2. The smallest absolute Gasteiger partial charge is 0.262 e. The second kappa shape index (κ2) is 9.47. The number of aromatic nitrogens is 4. The lowest BCUT2D eigenvalue weighted by Gasteiger charge is -2.12. The molecule has 0 atom stereocenters. The third kappa shape index (κ3) is 4.46. The van der Waals surface area contributed by atoms with Crippen molar-refractivity contribution in [3.8, 4) is 22.5 Å². The van der Waals surface area contributed by atoms with E-state index in [4.69, 9.17) is 9.97 Å². The largest absolute Gasteiger partial charge is 0.348 e. The van der Waals surface area contributed by atoms with Crippen LogP contribution in [0.1, 0.15) is 15.9 Å². The van der Waals surface area contributed by atoms with Gasteiger partial charge in [-0.15, -0.1) is 0 Å². The summed E-state index contributed by atoms with van der Waals surface area (Å²) in [5.74, 6) is -0.473. The van der Waals surface area contributed by atoms with Crippen LogP contribution in [0.2, 0.25) is 0 Å². The van der Waals surface area contributed by atoms with Crippen molar-refractivity contribution >= 4 is 28.0 Å². The predicted molar refractivity (Wildman–Crippen MR) is 144 cm³/mol. The molecule has 3 aromatic heterocycles. The number of benzene rings is 3. The zero-order valence-electron chi connectivity index (χ0n) is 19.7. The maximum Gasteiger partial charge on any atom is 0.262 e. The number of aromatic amines is 1. The quantitative estimate of drug-likeness (QED) is 0.354. The predicted octanol–water partition coefficient (Wildman–Crippen LogP) is 5.13. The second-order valence-electron chi connectivity index (χ2n) is 8.61. The highest BCUT2D eigenvalue weighted by Gasteiger charge is 2.18. The summed E-state index contributed by atoms with van der Waals surface area (Å²) in [4.78, 5) is 42.6. The summed E-state index contributed by atoms with van der Waals surface area (Å²) in [6.45, 7) is 0.312. The average Bonchev–Trinajstić information content (AvgIpc) is 2.95. The zero-order valence-corrected chi connectivity index (χ0v) is 19.7. The van der Waals surface area contributed by atoms with E-state index in [9.17, 15) is 9.59 Å². The molecule has 7 heteroatoms. The number of rotatable bonds is 5. The molecular formula is C30H21N5O2. The van der Waals surface area contributed by atoms with Crippen molar-refractivity contribution in [1.82, 2.24) is 25.3 Å². The molecule has 7 nitrogen and oxygen atoms in total. The van der Waals surface area contributed by atoms with E-state index < -0.39 is 11.5 Å². The Hall–Kier alpha value is -5.17. The van der Waals surface area contributed by atoms with E-state index in [1.807, 2.05) is 91.0 Å². The Kier molecular flexibility index (Phi) is 5.71. The fourth-order valence-corrected chi connectivity index (χ4v) is 4.28. The van der Waals surface area contributed by atoms with Crippen molar-refractivity contribution in [2.75, 3.05) is 0 Å². The molecule has 0 fully saturated rings. The minimum Gasteiger partial charge on any atom is -0.348 e. The molecule has 0 aliphatic rings. The maximum absolute atomic E-state index is 12.9. The fourth-order valence-electron chi connectivity index (χ4n) is 4.28. The van der Waals surface area contributed by atoms with Crippen LogP contribution in [0.5, 0.6) is 0 Å². The topological polar surface area (TPSA) is 101 Å². The monoisotopic (exact) mass is 483 g/mol. The Morgan fingerprint density at radius 1 is 0.757 bits per heavy atom. The lowest BCUT2D eigenvalue weighted by atomic mass is 10.0. The van der Waals surface area contributed by atoms with Crippen LogP contribution in [0.15, 0.2) is 108 Å². The third-order valence-electron chi connectivity index (χ3n) is 6.14. The number of hydrogen-bond donors (Lipinski definition) is 2. The van der Waals surface area contributed by atoms with Crippen LogP contribution in [0.25, 0.3) is 44.6 Å². The van der Waals surface area contributed by atoms with Crippen LogP contribution in [0.4, 0.5) is 0 Å². The first kappa shape index (κ1) is 22.3. The van der Waals surface area contributed by atoms with Crippen molar-refractivity contribution in [2.45, 2.75) is 6.54 Å². The van der Waals surface area contributed by atoms with Gasteiger partial charge in [-0.05, 0) is 29.8 Å². The van der Waals surface area contributed by atoms with Gasteiger partial charge in [0.25, 0.3) is 11.5 Å². The van der Waals surface area contributed by atoms with Gasteiger partial charge >= 0.3 is 0 Å². The molecule has 3 aromatic carbocycles. The van der Waals surface area contributed by atoms with Crippen LogP contribution in [0, 0.1) is 0 Å². The van der Waals surface area contributed by atoms with Gasteiger partial charge in [0, 0.05) is 29.3 Å². The Labute approximate surface area is 211 Å². The molecule has 0 spiro atoms. The highest BCUT2D eigenvalue weighted by molar-refractivity contribution is 5.97. The van der Waals surface area contributed by atoms with Gasteiger partial charge < -0.3 is 10.3 Å². The normalized spacial score (nSPS) is 11.0. The van der Waals surface area contributed by atoms with Crippen LogP contribution < -0.4 is 10.9 Å². The summed E-state index contributed by atoms with van der Waals surface area (Å²) < 4.78 is 0. The third-order valence-corrected chi connectivity index (χ3v) is 6.14. The highest BCUT2D eigenvalue weighted by Crippen LogP contribution is 2.32. The standard InChI is InChI=1S/C30H21N5O2/c36-29(32-18-19-8-3-1-4-9-19)23-17-25-28(35-30(23)37)34-26(20-10-5-2-6-11-20)27(33-25)22-13-14-24-21(16-22)12-7-15-31-24/h1-17H,18H2,(H,32,36)(H,34,35,37). The molecule has 1 amide bonds. The first-order valence-electron chi connectivity index (χ1n) is 11.8. The number of H-pyrrole nitrogens is 1. The molecular weight excluding hydrogens is 462 g/mol. The summed E-state index contributed by atoms with van der Waals surface area (Å²) in [6.07, 6.45) is 1.76. The zero-order chi connectivity index (χ0) is 25.2. The van der Waals surface area contributed by atoms with E-state index in [2.05, 4.69) is 15.3 Å². The van der Waals surface area contributed by atoms with Crippen molar-refractivity contribution in [2.24, 2.45) is 0 Å². The minimum absolute atomic E-state index is 0.0150. The molecule has 0 aliphatic carbocycles. The van der Waals surface area contributed by atoms with Gasteiger partial charge in [0.1, 0.15) is 11.1 Å². The fraction of sp³-hybridized carbons (Fsp3) is 0.0333. The van der Waals surface area contributed by atoms with Crippen LogP contribution >= 0.6 is 0 Å². The Bertz CT molecular complexity index is 1820. The molecule has 2 N–H and O–H groups in total. The highest BCUT2D eigenvalue weighted by atomic mass is 16.2. The number of nitrogens with zero attached hydrogens (tertiary/aromatic N) is 3. The van der Waals surface area contributed by atoms with Gasteiger partial charge in [0.15, 0.2) is 5.65 Å². The lowest BCUT2D eigenvalue weighted by molar-refractivity contribution is 0.0949. The van der Waals surface area contributed by atoms with Crippen molar-refractivity contribution < 1.29 is 4.79 Å². The lowest BCUT2D eigenvalue weighted by Crippen LogP contribution is -2.29. The van der Waals surface area contributed by atoms with Crippen molar-refractivity contribution in [1.29, 1.82) is 0 Å². The van der Waals surface area contributed by atoms with Crippen molar-refractivity contribution in [3.05, 3.63) is 125 Å². The molecule has 37 heavy (non-hydrogen) atoms. The molecule has 0 unspecified atom stereocenters. The number of carbonyl (C=O) groups excluding carboxylic acids is 1. The van der Waals surface area contributed by atoms with E-state index in [-0.39, 0.29) is 5.56 Å². The first-order chi connectivity index (χ1) is 18.2. The van der Waals surface area contributed by atoms with E-state index in [0.29, 0.717) is 29.1 Å². The molecule has 0 saturated carbocycles. The Morgan fingerprint density at radius 2 is 1.51 bits per heavy atom. The molecule has 0 radical (unpaired) electrons. The van der Waals surface area contributed by atoms with E-state index in [1.54, 1.807) is 6.20 Å². The molecule has 3 heterocycles. The van der Waals surface area contributed by atoms with Gasteiger partial charge in [0.05, 0.1) is 16.9 Å². The van der Waals surface area contributed by atoms with Gasteiger partial charge in [0.2, 0.25) is 0 Å². The van der Waals surface area contributed by atoms with Gasteiger partial charge in [-0.25, -0.2) is 9.97 Å². The number of pyridine rings is 2. The molecule has 6 aromatic rings. The SMILES string of the molecule is O=C(NCc1ccccc1)c1cc2nc(-c3ccc4ncccc4c3)c(-c3ccccc3)nc2[nH]c1=O. The molecule has 0 bridgehead atoms. The summed E-state index contributed by atoms with van der Waals surface area (Å²) in [6, 6.07) is 30.5. The second-order valence-corrected chi connectivity index (χ2v) is 8.61. The number of hydrogen-bond acceptors (Lipinski definition) is 5. The van der Waals surface area contributed by atoms with Gasteiger partial charge in [-0.1, -0.05) is 72.8 Å². The van der Waals surface area contributed by atoms with Crippen molar-refractivity contribution in [3.63, 3.8) is 0 Å². The summed E-state index contributed by atoms with van der Waals surface area (Å²) >= 11 is 0. The maximum atomic E-state index is 12.9. The van der Waals surface area contributed by atoms with Crippen LogP contribution in [-0.4, -0.2) is 25.8 Å². The van der Waals surface area contributed by atoms with E-state index in [0.717, 1.165) is 27.6 Å². The number of amides is 1. The summed E-state index contributed by atoms with van der Waals surface area (Å²) in [7, 11) is 0. The van der Waals surface area contributed by atoms with Gasteiger partial charge in [-0.3, -0.25) is 14.6 Å². The first-order valence-corrected chi connectivity index (χ1v) is 11.8. The average molecular weight is 484 g/mol. The minimum atomic E-state index is -0.518. The van der Waals surface area contributed by atoms with E-state index >= 15 is 0 Å². The number of carbonyl (C=O) groups is 1. The van der Waals surface area contributed by atoms with E-state index in [1.165, 1.54) is 6.07 Å². The number of nitrogens with one attached hydrogen (secondary N) is 2. The van der Waals surface area contributed by atoms with Crippen LogP contribution in [0.3, 0.4) is 0 Å². The Morgan fingerprint density at radius 3 is 2.32 bits per heavy atom. The summed E-state index contributed by atoms with van der Waals surface area (Å²) in [5, 5.41) is 3.79. The van der Waals surface area contributed by atoms with Crippen LogP contribution in [-0.2, 0) is 6.54 Å². The molecule has 0 saturated heterocycles. The molecule has 0 aliphatic heterocycles. The molecule has 178 valence electrons. The Balaban J connectivity index is 1.47.